The molecule has 12 aromatic rings. The molecule has 12 rings (SSSR count). The molecule has 10 aromatic carbocycles. The molecular formula is C59H38N4O. The quantitative estimate of drug-likeness (QED) is 0.153. The summed E-state index contributed by atoms with van der Waals surface area (Å²) >= 11 is 0. The highest BCUT2D eigenvalue weighted by molar-refractivity contribution is 6.23. The first-order valence-corrected chi connectivity index (χ1v) is 21.5. The van der Waals surface area contributed by atoms with Gasteiger partial charge < -0.3 is 9.32 Å². The number of hydrogen-bond acceptors (Lipinski definition) is 5. The Kier molecular flexibility index (Phi) is 9.08. The van der Waals surface area contributed by atoms with Gasteiger partial charge in [-0.2, -0.15) is 0 Å². The second-order valence-corrected chi connectivity index (χ2v) is 16.0. The van der Waals surface area contributed by atoms with Crippen molar-refractivity contribution in [3.63, 3.8) is 0 Å². The van der Waals surface area contributed by atoms with E-state index in [0.29, 0.717) is 17.5 Å². The van der Waals surface area contributed by atoms with Crippen molar-refractivity contribution < 1.29 is 4.42 Å². The van der Waals surface area contributed by atoms with Crippen molar-refractivity contribution in [3.05, 3.63) is 231 Å². The van der Waals surface area contributed by atoms with Gasteiger partial charge in [0.05, 0.1) is 0 Å². The summed E-state index contributed by atoms with van der Waals surface area (Å²) in [6.45, 7) is 0. The molecule has 0 fully saturated rings. The van der Waals surface area contributed by atoms with E-state index < -0.39 is 0 Å². The van der Waals surface area contributed by atoms with Crippen LogP contribution >= 0.6 is 0 Å². The lowest BCUT2D eigenvalue weighted by molar-refractivity contribution is 0.673. The zero-order valence-electron chi connectivity index (χ0n) is 34.6. The van der Waals surface area contributed by atoms with Gasteiger partial charge in [-0.05, 0) is 86.9 Å². The molecule has 300 valence electrons. The van der Waals surface area contributed by atoms with Crippen LogP contribution in [0.1, 0.15) is 0 Å². The van der Waals surface area contributed by atoms with Gasteiger partial charge in [0.15, 0.2) is 17.5 Å². The van der Waals surface area contributed by atoms with Crippen LogP contribution in [0.2, 0.25) is 0 Å². The monoisotopic (exact) mass is 818 g/mol. The number of benzene rings is 10. The van der Waals surface area contributed by atoms with Gasteiger partial charge in [-0.3, -0.25) is 0 Å². The normalized spacial score (nSPS) is 11.4. The number of para-hydroxylation sites is 2. The molecule has 5 nitrogen and oxygen atoms in total. The van der Waals surface area contributed by atoms with Crippen LogP contribution in [0.4, 0.5) is 17.1 Å². The average molecular weight is 819 g/mol. The molecule has 0 saturated carbocycles. The van der Waals surface area contributed by atoms with Crippen LogP contribution < -0.4 is 4.90 Å². The minimum atomic E-state index is 0.582. The predicted molar refractivity (Wildman–Crippen MR) is 264 cm³/mol. The fourth-order valence-corrected chi connectivity index (χ4v) is 8.99. The molecule has 5 heteroatoms. The summed E-state index contributed by atoms with van der Waals surface area (Å²) in [4.78, 5) is 17.8. The van der Waals surface area contributed by atoms with Crippen molar-refractivity contribution in [2.75, 3.05) is 4.90 Å². The maximum Gasteiger partial charge on any atom is 0.164 e. The predicted octanol–water partition coefficient (Wildman–Crippen LogP) is 15.9. The maximum absolute atomic E-state index is 6.91. The number of hydrogen-bond donors (Lipinski definition) is 0. The van der Waals surface area contributed by atoms with Crippen molar-refractivity contribution >= 4 is 60.5 Å². The molecule has 0 aliphatic rings. The summed E-state index contributed by atoms with van der Waals surface area (Å²) < 4.78 is 6.91. The van der Waals surface area contributed by atoms with E-state index in [4.69, 9.17) is 19.4 Å². The van der Waals surface area contributed by atoms with Crippen molar-refractivity contribution in [1.29, 1.82) is 0 Å². The molecule has 2 heterocycles. The van der Waals surface area contributed by atoms with E-state index in [1.54, 1.807) is 0 Å². The van der Waals surface area contributed by atoms with Gasteiger partial charge in [0.1, 0.15) is 11.2 Å². The number of anilines is 3. The van der Waals surface area contributed by atoms with Crippen LogP contribution in [0.15, 0.2) is 235 Å². The Hall–Kier alpha value is -8.67. The molecule has 0 radical (unpaired) electrons. The minimum Gasteiger partial charge on any atom is -0.455 e. The van der Waals surface area contributed by atoms with E-state index in [0.717, 1.165) is 88.7 Å². The zero-order chi connectivity index (χ0) is 42.4. The molecule has 0 aliphatic heterocycles. The van der Waals surface area contributed by atoms with Crippen molar-refractivity contribution in [2.45, 2.75) is 0 Å². The Morgan fingerprint density at radius 1 is 0.312 bits per heavy atom. The van der Waals surface area contributed by atoms with Crippen LogP contribution in [-0.2, 0) is 0 Å². The van der Waals surface area contributed by atoms with E-state index in [1.165, 1.54) is 10.8 Å². The number of fused-ring (bicyclic) bond motifs is 6. The standard InChI is InChI=1S/C59H38N4O/c1-4-15-39(16-5-1)41-27-29-44(30-28-41)58-60-57(43-18-6-2-7-19-43)61-59(62-58)52-38-46-21-14-25-50(54(46)56-55(52)51-24-12-13-26-53(51)64-56)42-32-34-48(35-33-42)63(47-22-8-3-9-23-47)49-36-31-40-17-10-11-20-45(40)37-49/h1-38H. The molecule has 0 spiro atoms. The molecule has 0 saturated heterocycles. The molecule has 0 unspecified atom stereocenters. The summed E-state index contributed by atoms with van der Waals surface area (Å²) in [6, 6.07) is 80.5. The maximum atomic E-state index is 6.91. The second kappa shape index (κ2) is 15.7. The fraction of sp³-hybridized carbons (Fsp3) is 0. The fourth-order valence-electron chi connectivity index (χ4n) is 8.99. The molecule has 0 aliphatic carbocycles. The van der Waals surface area contributed by atoms with E-state index in [-0.39, 0.29) is 0 Å². The molecule has 0 atom stereocenters. The van der Waals surface area contributed by atoms with Crippen molar-refractivity contribution in [1.82, 2.24) is 15.0 Å². The van der Waals surface area contributed by atoms with Crippen LogP contribution in [0.25, 0.3) is 99.9 Å². The Morgan fingerprint density at radius 2 is 0.844 bits per heavy atom. The van der Waals surface area contributed by atoms with E-state index >= 15 is 0 Å². The number of nitrogens with zero attached hydrogens (tertiary/aromatic N) is 4. The molecule has 0 amide bonds. The second-order valence-electron chi connectivity index (χ2n) is 16.0. The molecular weight excluding hydrogens is 781 g/mol. The molecule has 2 aromatic heterocycles. The van der Waals surface area contributed by atoms with Gasteiger partial charge in [-0.15, -0.1) is 0 Å². The van der Waals surface area contributed by atoms with Crippen LogP contribution in [-0.4, -0.2) is 15.0 Å². The number of rotatable bonds is 8. The third-order valence-corrected chi connectivity index (χ3v) is 12.1. The Labute approximate surface area is 370 Å². The largest absolute Gasteiger partial charge is 0.455 e. The molecule has 0 bridgehead atoms. The lowest BCUT2D eigenvalue weighted by Gasteiger charge is -2.26. The van der Waals surface area contributed by atoms with Gasteiger partial charge in [0.2, 0.25) is 0 Å². The summed E-state index contributed by atoms with van der Waals surface area (Å²) in [5.74, 6) is 1.79. The van der Waals surface area contributed by atoms with Crippen molar-refractivity contribution in [3.8, 4) is 56.4 Å². The Balaban J connectivity index is 1.01. The first kappa shape index (κ1) is 37.1. The summed E-state index contributed by atoms with van der Waals surface area (Å²) in [5.41, 5.74) is 12.0. The third-order valence-electron chi connectivity index (χ3n) is 12.1. The minimum absolute atomic E-state index is 0.582. The van der Waals surface area contributed by atoms with Gasteiger partial charge in [-0.1, -0.05) is 182 Å². The van der Waals surface area contributed by atoms with Gasteiger partial charge in [-0.25, -0.2) is 15.0 Å². The van der Waals surface area contributed by atoms with E-state index in [9.17, 15) is 0 Å². The van der Waals surface area contributed by atoms with Crippen molar-refractivity contribution in [2.24, 2.45) is 0 Å². The summed E-state index contributed by atoms with van der Waals surface area (Å²) in [7, 11) is 0. The highest BCUT2D eigenvalue weighted by Gasteiger charge is 2.22. The first-order valence-electron chi connectivity index (χ1n) is 21.5. The number of furan rings is 1. The smallest absolute Gasteiger partial charge is 0.164 e. The third kappa shape index (κ3) is 6.64. The van der Waals surface area contributed by atoms with E-state index in [1.807, 2.05) is 48.5 Å². The van der Waals surface area contributed by atoms with Crippen LogP contribution in [0.3, 0.4) is 0 Å². The summed E-state index contributed by atoms with van der Waals surface area (Å²) in [5, 5.41) is 6.45. The van der Waals surface area contributed by atoms with Crippen LogP contribution in [0, 0.1) is 0 Å². The van der Waals surface area contributed by atoms with Gasteiger partial charge >= 0.3 is 0 Å². The van der Waals surface area contributed by atoms with Gasteiger partial charge in [0, 0.05) is 49.9 Å². The van der Waals surface area contributed by atoms with E-state index in [2.05, 4.69) is 187 Å². The molecule has 0 N–H and O–H groups in total. The lowest BCUT2D eigenvalue weighted by atomic mass is 9.93. The topological polar surface area (TPSA) is 55.1 Å². The van der Waals surface area contributed by atoms with Gasteiger partial charge in [0.25, 0.3) is 0 Å². The highest BCUT2D eigenvalue weighted by Crippen LogP contribution is 2.45. The Bertz CT molecular complexity index is 3640. The van der Waals surface area contributed by atoms with Crippen LogP contribution in [0.5, 0.6) is 0 Å². The zero-order valence-corrected chi connectivity index (χ0v) is 34.6. The first-order chi connectivity index (χ1) is 31.7. The highest BCUT2D eigenvalue weighted by atomic mass is 16.3. The molecule has 64 heavy (non-hydrogen) atoms. The summed E-state index contributed by atoms with van der Waals surface area (Å²) in [6.07, 6.45) is 0. The SMILES string of the molecule is c1ccc(-c2ccc(-c3nc(-c4ccccc4)nc(-c4cc5cccc(-c6ccc(N(c7ccccc7)c7ccc8ccccc8c7)cc6)c5c5oc6ccccc6c45)n3)cc2)cc1. The Morgan fingerprint density at radius 3 is 1.59 bits per heavy atom. The average Bonchev–Trinajstić information content (AvgIpc) is 3.77. The lowest BCUT2D eigenvalue weighted by Crippen LogP contribution is -2.09. The number of aromatic nitrogens is 3.